The fourth-order valence-corrected chi connectivity index (χ4v) is 4.06. The summed E-state index contributed by atoms with van der Waals surface area (Å²) in [5.41, 5.74) is 0.489. The molecule has 6 nitrogen and oxygen atoms in total. The second-order valence-corrected chi connectivity index (χ2v) is 7.98. The van der Waals surface area contributed by atoms with Gasteiger partial charge in [0, 0.05) is 16.6 Å². The molecule has 0 fully saturated rings. The molecule has 1 N–H and O–H groups in total. The summed E-state index contributed by atoms with van der Waals surface area (Å²) in [6, 6.07) is 15.2. The zero-order valence-electron chi connectivity index (χ0n) is 17.0. The Morgan fingerprint density at radius 3 is 2.66 bits per heavy atom. The number of nitrogens with zero attached hydrogens (tertiary/aromatic N) is 2. The van der Waals surface area contributed by atoms with Gasteiger partial charge in [-0.25, -0.2) is 4.39 Å². The van der Waals surface area contributed by atoms with Crippen molar-refractivity contribution < 1.29 is 18.4 Å². The van der Waals surface area contributed by atoms with Gasteiger partial charge in [0.05, 0.1) is 31.1 Å². The van der Waals surface area contributed by atoms with Crippen molar-refractivity contribution in [1.29, 1.82) is 0 Å². The van der Waals surface area contributed by atoms with Crippen LogP contribution in [-0.4, -0.2) is 16.8 Å². The van der Waals surface area contributed by atoms with E-state index in [0.29, 0.717) is 11.4 Å². The van der Waals surface area contributed by atoms with Crippen molar-refractivity contribution in [1.82, 2.24) is 10.3 Å². The third-order valence-corrected chi connectivity index (χ3v) is 5.70. The van der Waals surface area contributed by atoms with Crippen LogP contribution in [0.1, 0.15) is 22.2 Å². The normalized spacial score (nSPS) is 11.7. The van der Waals surface area contributed by atoms with Crippen molar-refractivity contribution in [3.05, 3.63) is 107 Å². The van der Waals surface area contributed by atoms with Crippen molar-refractivity contribution in [2.45, 2.75) is 19.0 Å². The molecule has 4 rings (SSSR count). The van der Waals surface area contributed by atoms with Crippen LogP contribution in [0.15, 0.2) is 89.1 Å². The average molecular weight is 450 g/mol. The highest BCUT2D eigenvalue weighted by Crippen LogP contribution is 2.30. The number of hydrogen-bond donors (Lipinski definition) is 1. The van der Waals surface area contributed by atoms with Gasteiger partial charge in [-0.15, -0.1) is 11.3 Å². The first-order valence-corrected chi connectivity index (χ1v) is 10.8. The summed E-state index contributed by atoms with van der Waals surface area (Å²) < 4.78 is 20.2. The summed E-state index contributed by atoms with van der Waals surface area (Å²) in [4.78, 5) is 33.1. The van der Waals surface area contributed by atoms with Gasteiger partial charge in [-0.1, -0.05) is 24.3 Å². The Hall–Kier alpha value is -3.78. The number of hydrogen-bond acceptors (Lipinski definition) is 5. The summed E-state index contributed by atoms with van der Waals surface area (Å²) in [5, 5.41) is 4.64. The molecule has 0 bridgehead atoms. The maximum Gasteiger partial charge on any atom is 0.248 e. The molecule has 0 spiro atoms. The van der Waals surface area contributed by atoms with E-state index < -0.39 is 17.8 Å². The Balaban J connectivity index is 1.74. The highest BCUT2D eigenvalue weighted by molar-refractivity contribution is 7.10. The molecule has 0 aliphatic heterocycles. The van der Waals surface area contributed by atoms with E-state index in [4.69, 9.17) is 4.42 Å². The predicted octanol–water partition coefficient (Wildman–Crippen LogP) is 4.51. The van der Waals surface area contributed by atoms with Gasteiger partial charge in [0.25, 0.3) is 0 Å². The van der Waals surface area contributed by atoms with Crippen LogP contribution in [0.25, 0.3) is 0 Å². The summed E-state index contributed by atoms with van der Waals surface area (Å²) in [5.74, 6) is -0.913. The molecule has 0 aliphatic rings. The third-order valence-electron chi connectivity index (χ3n) is 4.82. The minimum atomic E-state index is -1.23. The predicted molar refractivity (Wildman–Crippen MR) is 119 cm³/mol. The lowest BCUT2D eigenvalue weighted by atomic mass is 10.0. The number of aromatic nitrogens is 1. The number of nitrogens with one attached hydrogen (secondary N) is 1. The van der Waals surface area contributed by atoms with Crippen LogP contribution >= 0.6 is 11.3 Å². The quantitative estimate of drug-likeness (QED) is 0.430. The number of amides is 2. The lowest BCUT2D eigenvalue weighted by molar-refractivity contribution is -0.126. The van der Waals surface area contributed by atoms with E-state index in [9.17, 15) is 14.0 Å². The molecule has 3 aromatic heterocycles. The number of pyridine rings is 1. The van der Waals surface area contributed by atoms with E-state index in [-0.39, 0.29) is 24.4 Å². The number of carbonyl (C=O) groups is 2. The maximum atomic E-state index is 14.9. The molecular formula is C24H20FN3O3S. The van der Waals surface area contributed by atoms with Gasteiger partial charge in [-0.2, -0.15) is 0 Å². The van der Waals surface area contributed by atoms with Gasteiger partial charge in [-0.3, -0.25) is 19.5 Å². The van der Waals surface area contributed by atoms with Crippen LogP contribution < -0.4 is 10.2 Å². The Labute approximate surface area is 188 Å². The van der Waals surface area contributed by atoms with Crippen LogP contribution in [0.3, 0.4) is 0 Å². The summed E-state index contributed by atoms with van der Waals surface area (Å²) in [6.07, 6.45) is 4.63. The van der Waals surface area contributed by atoms with E-state index in [2.05, 4.69) is 10.3 Å². The second-order valence-electron chi connectivity index (χ2n) is 6.95. The number of carbonyl (C=O) groups excluding carboxylic acids is 2. The van der Waals surface area contributed by atoms with Crippen LogP contribution in [0.4, 0.5) is 10.1 Å². The molecule has 0 unspecified atom stereocenters. The molecule has 2 amide bonds. The van der Waals surface area contributed by atoms with Gasteiger partial charge in [0.15, 0.2) is 0 Å². The Morgan fingerprint density at radius 1 is 1.09 bits per heavy atom. The first-order valence-electron chi connectivity index (χ1n) is 9.92. The van der Waals surface area contributed by atoms with Gasteiger partial charge < -0.3 is 9.73 Å². The van der Waals surface area contributed by atoms with E-state index in [0.717, 1.165) is 4.88 Å². The SMILES string of the molecule is O=C(NCc1ccco1)[C@H](c1ccccc1F)N(C(=O)Cc1cccs1)c1cccnc1. The zero-order chi connectivity index (χ0) is 22.3. The topological polar surface area (TPSA) is 75.4 Å². The molecule has 0 saturated carbocycles. The fourth-order valence-electron chi connectivity index (χ4n) is 3.36. The van der Waals surface area contributed by atoms with E-state index in [1.54, 1.807) is 42.6 Å². The molecule has 4 aromatic rings. The minimum absolute atomic E-state index is 0.0724. The highest BCUT2D eigenvalue weighted by Gasteiger charge is 2.34. The van der Waals surface area contributed by atoms with Crippen molar-refractivity contribution >= 4 is 28.8 Å². The van der Waals surface area contributed by atoms with E-state index >= 15 is 0 Å². The fraction of sp³-hybridized carbons (Fsp3) is 0.125. The summed E-state index contributed by atoms with van der Waals surface area (Å²) in [7, 11) is 0. The van der Waals surface area contributed by atoms with E-state index in [1.807, 2.05) is 17.5 Å². The van der Waals surface area contributed by atoms with Crippen molar-refractivity contribution in [3.63, 3.8) is 0 Å². The number of benzene rings is 1. The van der Waals surface area contributed by atoms with E-state index in [1.165, 1.54) is 40.8 Å². The molecule has 3 heterocycles. The molecule has 0 aliphatic carbocycles. The van der Waals surface area contributed by atoms with Crippen LogP contribution in [0.2, 0.25) is 0 Å². The number of thiophene rings is 1. The standard InChI is InChI=1S/C24H20FN3O3S/c25-21-10-2-1-9-20(21)23(24(30)27-16-18-7-4-12-31-18)28(17-6-3-11-26-15-17)22(29)14-19-8-5-13-32-19/h1-13,15,23H,14,16H2,(H,27,30)/t23-/m0/s1. The molecule has 1 aromatic carbocycles. The van der Waals surface area contributed by atoms with Crippen molar-refractivity contribution in [2.75, 3.05) is 4.90 Å². The third kappa shape index (κ3) is 4.92. The smallest absolute Gasteiger partial charge is 0.248 e. The number of furan rings is 1. The summed E-state index contributed by atoms with van der Waals surface area (Å²) in [6.45, 7) is 0.108. The molecule has 8 heteroatoms. The second kappa shape index (κ2) is 10.0. The molecular weight excluding hydrogens is 429 g/mol. The Morgan fingerprint density at radius 2 is 1.97 bits per heavy atom. The maximum absolute atomic E-state index is 14.9. The number of halogens is 1. The first-order chi connectivity index (χ1) is 15.6. The van der Waals surface area contributed by atoms with Crippen LogP contribution in [-0.2, 0) is 22.6 Å². The van der Waals surface area contributed by atoms with Gasteiger partial charge in [-0.05, 0) is 41.8 Å². The molecule has 1 atom stereocenters. The van der Waals surface area contributed by atoms with Gasteiger partial charge in [0.1, 0.15) is 17.6 Å². The molecule has 162 valence electrons. The Kier molecular flexibility index (Phi) is 6.72. The number of anilines is 1. The van der Waals surface area contributed by atoms with Crippen molar-refractivity contribution in [3.8, 4) is 0 Å². The number of rotatable bonds is 8. The van der Waals surface area contributed by atoms with Crippen LogP contribution in [0, 0.1) is 5.82 Å². The first kappa shape index (κ1) is 21.5. The molecule has 0 saturated heterocycles. The average Bonchev–Trinajstić information content (AvgIpc) is 3.51. The zero-order valence-corrected chi connectivity index (χ0v) is 17.8. The lowest BCUT2D eigenvalue weighted by Gasteiger charge is -2.31. The lowest BCUT2D eigenvalue weighted by Crippen LogP contribution is -2.44. The minimum Gasteiger partial charge on any atom is -0.467 e. The molecule has 0 radical (unpaired) electrons. The summed E-state index contributed by atoms with van der Waals surface area (Å²) >= 11 is 1.44. The van der Waals surface area contributed by atoms with Gasteiger partial charge >= 0.3 is 0 Å². The van der Waals surface area contributed by atoms with Gasteiger partial charge in [0.2, 0.25) is 11.8 Å². The highest BCUT2D eigenvalue weighted by atomic mass is 32.1. The Bertz CT molecular complexity index is 1160. The largest absolute Gasteiger partial charge is 0.467 e. The van der Waals surface area contributed by atoms with Crippen LogP contribution in [0.5, 0.6) is 0 Å². The monoisotopic (exact) mass is 449 g/mol. The molecule has 32 heavy (non-hydrogen) atoms. The van der Waals surface area contributed by atoms with Crippen molar-refractivity contribution in [2.24, 2.45) is 0 Å².